The van der Waals surface area contributed by atoms with Gasteiger partial charge in [0.25, 0.3) is 5.91 Å². The van der Waals surface area contributed by atoms with Gasteiger partial charge < -0.3 is 4.74 Å². The van der Waals surface area contributed by atoms with Gasteiger partial charge >= 0.3 is 0 Å². The molecule has 1 aromatic heterocycles. The fraction of sp³-hybridized carbons (Fsp3) is 0.111. The number of benzene rings is 2. The van der Waals surface area contributed by atoms with Crippen molar-refractivity contribution in [2.24, 2.45) is 5.10 Å². The molecule has 0 radical (unpaired) electrons. The SMILES string of the molecule is COc1ccc(/C=N\NC(=O)CSc2nnc(-c3ccccc3)s2)cc1. The summed E-state index contributed by atoms with van der Waals surface area (Å²) in [6.45, 7) is 0. The minimum Gasteiger partial charge on any atom is -0.497 e. The first kappa shape index (κ1) is 18.1. The number of hydrogen-bond donors (Lipinski definition) is 1. The summed E-state index contributed by atoms with van der Waals surface area (Å²) < 4.78 is 5.84. The second kappa shape index (κ2) is 9.12. The molecule has 0 bridgehead atoms. The number of hydrogen-bond acceptors (Lipinski definition) is 7. The summed E-state index contributed by atoms with van der Waals surface area (Å²) in [4.78, 5) is 11.9. The minimum atomic E-state index is -0.198. The Morgan fingerprint density at radius 2 is 1.96 bits per heavy atom. The van der Waals surface area contributed by atoms with Gasteiger partial charge in [0.15, 0.2) is 4.34 Å². The van der Waals surface area contributed by atoms with Crippen LogP contribution in [0.15, 0.2) is 64.0 Å². The molecule has 0 spiro atoms. The van der Waals surface area contributed by atoms with Crippen LogP contribution in [0.2, 0.25) is 0 Å². The fourth-order valence-electron chi connectivity index (χ4n) is 1.99. The second-order valence-electron chi connectivity index (χ2n) is 5.09. The molecular formula is C18H16N4O2S2. The molecule has 1 N–H and O–H groups in total. The van der Waals surface area contributed by atoms with E-state index >= 15 is 0 Å². The highest BCUT2D eigenvalue weighted by molar-refractivity contribution is 8.01. The summed E-state index contributed by atoms with van der Waals surface area (Å²) >= 11 is 2.80. The number of rotatable bonds is 7. The van der Waals surface area contributed by atoms with Crippen LogP contribution in [0.1, 0.15) is 5.56 Å². The Labute approximate surface area is 159 Å². The number of carbonyl (C=O) groups excluding carboxylic acids is 1. The molecule has 6 nitrogen and oxygen atoms in total. The van der Waals surface area contributed by atoms with Gasteiger partial charge in [0, 0.05) is 5.56 Å². The smallest absolute Gasteiger partial charge is 0.250 e. The average Bonchev–Trinajstić information content (AvgIpc) is 3.17. The molecule has 0 unspecified atom stereocenters. The van der Waals surface area contributed by atoms with Crippen LogP contribution in [0, 0.1) is 0 Å². The van der Waals surface area contributed by atoms with E-state index in [0.29, 0.717) is 0 Å². The highest BCUT2D eigenvalue weighted by atomic mass is 32.2. The fourth-order valence-corrected chi connectivity index (χ4v) is 3.64. The van der Waals surface area contributed by atoms with Gasteiger partial charge in [0.05, 0.1) is 19.1 Å². The number of aromatic nitrogens is 2. The largest absolute Gasteiger partial charge is 0.497 e. The lowest BCUT2D eigenvalue weighted by atomic mass is 10.2. The lowest BCUT2D eigenvalue weighted by molar-refractivity contribution is -0.118. The van der Waals surface area contributed by atoms with Crippen LogP contribution in [0.5, 0.6) is 5.75 Å². The molecule has 26 heavy (non-hydrogen) atoms. The van der Waals surface area contributed by atoms with E-state index in [9.17, 15) is 4.79 Å². The molecule has 3 aromatic rings. The van der Waals surface area contributed by atoms with Gasteiger partial charge in [-0.3, -0.25) is 4.79 Å². The zero-order valence-corrected chi connectivity index (χ0v) is 15.6. The third-order valence-electron chi connectivity index (χ3n) is 3.27. The Kier molecular flexibility index (Phi) is 6.34. The zero-order chi connectivity index (χ0) is 18.2. The molecule has 0 saturated heterocycles. The topological polar surface area (TPSA) is 76.5 Å². The number of methoxy groups -OCH3 is 1. The summed E-state index contributed by atoms with van der Waals surface area (Å²) in [5.41, 5.74) is 4.39. The summed E-state index contributed by atoms with van der Waals surface area (Å²) in [5.74, 6) is 0.800. The van der Waals surface area contributed by atoms with Crippen LogP contribution in [0.4, 0.5) is 0 Å². The van der Waals surface area contributed by atoms with Gasteiger partial charge in [0.2, 0.25) is 0 Å². The number of hydrazone groups is 1. The van der Waals surface area contributed by atoms with E-state index in [1.165, 1.54) is 23.1 Å². The molecule has 2 aromatic carbocycles. The normalized spacial score (nSPS) is 10.8. The van der Waals surface area contributed by atoms with Crippen molar-refractivity contribution in [2.75, 3.05) is 12.9 Å². The van der Waals surface area contributed by atoms with E-state index in [1.807, 2.05) is 54.6 Å². The molecule has 0 aliphatic heterocycles. The minimum absolute atomic E-state index is 0.198. The Morgan fingerprint density at radius 1 is 1.19 bits per heavy atom. The molecule has 132 valence electrons. The second-order valence-corrected chi connectivity index (χ2v) is 7.29. The lowest BCUT2D eigenvalue weighted by Crippen LogP contribution is -2.19. The van der Waals surface area contributed by atoms with Gasteiger partial charge in [-0.2, -0.15) is 5.10 Å². The number of amides is 1. The number of thioether (sulfide) groups is 1. The molecule has 1 amide bonds. The summed E-state index contributed by atoms with van der Waals surface area (Å²) in [7, 11) is 1.61. The molecule has 1 heterocycles. The molecule has 8 heteroatoms. The summed E-state index contributed by atoms with van der Waals surface area (Å²) in [6, 6.07) is 17.2. The third-order valence-corrected chi connectivity index (χ3v) is 5.38. The monoisotopic (exact) mass is 384 g/mol. The van der Waals surface area contributed by atoms with Crippen LogP contribution in [-0.4, -0.2) is 35.2 Å². The van der Waals surface area contributed by atoms with Crippen LogP contribution >= 0.6 is 23.1 Å². The van der Waals surface area contributed by atoms with Crippen LogP contribution in [-0.2, 0) is 4.79 Å². The number of ether oxygens (including phenoxy) is 1. The van der Waals surface area contributed by atoms with Crippen LogP contribution < -0.4 is 10.2 Å². The first-order valence-corrected chi connectivity index (χ1v) is 9.52. The molecule has 0 aliphatic carbocycles. The van der Waals surface area contributed by atoms with Crippen molar-refractivity contribution in [1.82, 2.24) is 15.6 Å². The van der Waals surface area contributed by atoms with Crippen molar-refractivity contribution in [3.8, 4) is 16.3 Å². The first-order valence-electron chi connectivity index (χ1n) is 7.72. The molecule has 0 saturated carbocycles. The van der Waals surface area contributed by atoms with Crippen molar-refractivity contribution in [2.45, 2.75) is 4.34 Å². The van der Waals surface area contributed by atoms with Crippen molar-refractivity contribution in [1.29, 1.82) is 0 Å². The third kappa shape index (κ3) is 5.14. The standard InChI is InChI=1S/C18H16N4O2S2/c1-24-15-9-7-13(8-10-15)11-19-20-16(23)12-25-18-22-21-17(26-18)14-5-3-2-4-6-14/h2-11H,12H2,1H3,(H,20,23)/b19-11-. The van der Waals surface area contributed by atoms with Gasteiger partial charge in [-0.1, -0.05) is 53.4 Å². The first-order chi connectivity index (χ1) is 12.7. The van der Waals surface area contributed by atoms with Gasteiger partial charge in [-0.05, 0) is 29.8 Å². The van der Waals surface area contributed by atoms with E-state index < -0.39 is 0 Å². The van der Waals surface area contributed by atoms with Crippen molar-refractivity contribution < 1.29 is 9.53 Å². The number of nitrogens with zero attached hydrogens (tertiary/aromatic N) is 3. The van der Waals surface area contributed by atoms with Crippen molar-refractivity contribution in [3.05, 3.63) is 60.2 Å². The highest BCUT2D eigenvalue weighted by Crippen LogP contribution is 2.28. The van der Waals surface area contributed by atoms with E-state index in [1.54, 1.807) is 13.3 Å². The molecule has 0 fully saturated rings. The highest BCUT2D eigenvalue weighted by Gasteiger charge is 2.09. The Morgan fingerprint density at radius 3 is 2.69 bits per heavy atom. The lowest BCUT2D eigenvalue weighted by Gasteiger charge is -1.99. The van der Waals surface area contributed by atoms with E-state index in [-0.39, 0.29) is 11.7 Å². The number of carbonyl (C=O) groups is 1. The van der Waals surface area contributed by atoms with Crippen LogP contribution in [0.3, 0.4) is 0 Å². The van der Waals surface area contributed by atoms with Gasteiger partial charge in [0.1, 0.15) is 10.8 Å². The zero-order valence-electron chi connectivity index (χ0n) is 14.0. The Balaban J connectivity index is 1.46. The van der Waals surface area contributed by atoms with Gasteiger partial charge in [-0.25, -0.2) is 5.43 Å². The van der Waals surface area contributed by atoms with E-state index in [4.69, 9.17) is 4.74 Å². The molecular weight excluding hydrogens is 368 g/mol. The quantitative estimate of drug-likeness (QED) is 0.383. The van der Waals surface area contributed by atoms with E-state index in [0.717, 1.165) is 26.2 Å². The Hall–Kier alpha value is -2.71. The molecule has 0 aliphatic rings. The van der Waals surface area contributed by atoms with E-state index in [2.05, 4.69) is 20.7 Å². The maximum absolute atomic E-state index is 11.9. The van der Waals surface area contributed by atoms with Crippen LogP contribution in [0.25, 0.3) is 10.6 Å². The molecule has 0 atom stereocenters. The van der Waals surface area contributed by atoms with Crippen molar-refractivity contribution in [3.63, 3.8) is 0 Å². The predicted octanol–water partition coefficient (Wildman–Crippen LogP) is 3.46. The number of nitrogens with one attached hydrogen (secondary N) is 1. The van der Waals surface area contributed by atoms with Crippen molar-refractivity contribution >= 4 is 35.2 Å². The summed E-state index contributed by atoms with van der Waals surface area (Å²) in [5, 5.41) is 13.1. The van der Waals surface area contributed by atoms with Gasteiger partial charge in [-0.15, -0.1) is 10.2 Å². The Bertz CT molecular complexity index is 880. The predicted molar refractivity (Wildman–Crippen MR) is 105 cm³/mol. The summed E-state index contributed by atoms with van der Waals surface area (Å²) in [6.07, 6.45) is 1.58. The maximum atomic E-state index is 11.9. The average molecular weight is 384 g/mol. The molecule has 3 rings (SSSR count). The maximum Gasteiger partial charge on any atom is 0.250 e.